The highest BCUT2D eigenvalue weighted by molar-refractivity contribution is 6.43. The van der Waals surface area contributed by atoms with Gasteiger partial charge in [-0.2, -0.15) is 0 Å². The number of hydrogen-bond acceptors (Lipinski definition) is 6. The normalized spacial score (nSPS) is 19.5. The van der Waals surface area contributed by atoms with Crippen LogP contribution in [0, 0.1) is 18.8 Å². The third kappa shape index (κ3) is 6.82. The first-order chi connectivity index (χ1) is 16.8. The number of pyridine rings is 1. The summed E-state index contributed by atoms with van der Waals surface area (Å²) >= 11 is 0. The monoisotopic (exact) mass is 479 g/mol. The second kappa shape index (κ2) is 12.4. The molecule has 0 bridgehead atoms. The van der Waals surface area contributed by atoms with Crippen molar-refractivity contribution >= 4 is 17.3 Å². The molecule has 0 radical (unpaired) electrons. The molecule has 8 heteroatoms. The Hall–Kier alpha value is -3.39. The summed E-state index contributed by atoms with van der Waals surface area (Å²) in [6, 6.07) is 11.1. The number of hydrogen-bond donors (Lipinski definition) is 3. The average molecular weight is 480 g/mol. The molecule has 35 heavy (non-hydrogen) atoms. The predicted molar refractivity (Wildman–Crippen MR) is 141 cm³/mol. The molecule has 1 aliphatic rings. The van der Waals surface area contributed by atoms with Crippen LogP contribution in [0.3, 0.4) is 0 Å². The van der Waals surface area contributed by atoms with Crippen LogP contribution in [0.1, 0.15) is 38.3 Å². The lowest BCUT2D eigenvalue weighted by molar-refractivity contribution is -0.116. The van der Waals surface area contributed by atoms with Gasteiger partial charge in [-0.15, -0.1) is 0 Å². The number of carbonyl (C=O) groups is 1. The van der Waals surface area contributed by atoms with Crippen LogP contribution in [0.2, 0.25) is 0 Å². The molecular formula is C27H37N5O3. The maximum Gasteiger partial charge on any atom is 0.269 e. The summed E-state index contributed by atoms with van der Waals surface area (Å²) in [4.78, 5) is 34.4. The molecule has 0 aliphatic heterocycles. The van der Waals surface area contributed by atoms with E-state index >= 15 is 0 Å². The summed E-state index contributed by atoms with van der Waals surface area (Å²) in [5.41, 5.74) is 12.5. The zero-order chi connectivity index (χ0) is 25.4. The minimum Gasteiger partial charge on any atom is -0.405 e. The highest BCUT2D eigenvalue weighted by atomic mass is 16.6. The highest BCUT2D eigenvalue weighted by Crippen LogP contribution is 2.31. The SMILES string of the molecule is CN=C(/C=C\N)C(=O)N[C@H](CONc1ccc(-c2ccc(=O)n(C)c2C)cc1)C1CCC(C)CC1. The number of rotatable bonds is 9. The highest BCUT2D eigenvalue weighted by Gasteiger charge is 2.28. The van der Waals surface area contributed by atoms with Crippen molar-refractivity contribution < 1.29 is 9.63 Å². The summed E-state index contributed by atoms with van der Waals surface area (Å²) in [6.07, 6.45) is 7.21. The molecule has 1 fully saturated rings. The summed E-state index contributed by atoms with van der Waals surface area (Å²) in [5, 5.41) is 3.10. The first-order valence-corrected chi connectivity index (χ1v) is 12.1. The van der Waals surface area contributed by atoms with Gasteiger partial charge < -0.3 is 15.6 Å². The third-order valence-corrected chi connectivity index (χ3v) is 6.94. The van der Waals surface area contributed by atoms with E-state index in [1.54, 1.807) is 24.7 Å². The summed E-state index contributed by atoms with van der Waals surface area (Å²) < 4.78 is 1.64. The van der Waals surface area contributed by atoms with E-state index in [1.807, 2.05) is 37.3 Å². The van der Waals surface area contributed by atoms with Gasteiger partial charge in [-0.3, -0.25) is 24.9 Å². The lowest BCUT2D eigenvalue weighted by Gasteiger charge is -2.33. The zero-order valence-electron chi connectivity index (χ0n) is 21.1. The maximum absolute atomic E-state index is 12.7. The number of anilines is 1. The number of carbonyl (C=O) groups excluding carboxylic acids is 1. The molecule has 1 aromatic carbocycles. The van der Waals surface area contributed by atoms with Gasteiger partial charge in [0.25, 0.3) is 5.91 Å². The number of benzene rings is 1. The summed E-state index contributed by atoms with van der Waals surface area (Å²) in [6.45, 7) is 4.54. The smallest absolute Gasteiger partial charge is 0.269 e. The van der Waals surface area contributed by atoms with E-state index in [-0.39, 0.29) is 17.5 Å². The van der Waals surface area contributed by atoms with Crippen molar-refractivity contribution in [1.29, 1.82) is 0 Å². The molecule has 1 aliphatic carbocycles. The predicted octanol–water partition coefficient (Wildman–Crippen LogP) is 3.56. The Bertz CT molecular complexity index is 1110. The van der Waals surface area contributed by atoms with Crippen molar-refractivity contribution in [2.75, 3.05) is 19.1 Å². The maximum atomic E-state index is 12.7. The molecule has 1 amide bonds. The minimum atomic E-state index is -0.251. The van der Waals surface area contributed by atoms with Crippen LogP contribution in [0.5, 0.6) is 0 Å². The number of aromatic nitrogens is 1. The molecule has 1 saturated carbocycles. The molecule has 8 nitrogen and oxygen atoms in total. The summed E-state index contributed by atoms with van der Waals surface area (Å²) in [5.74, 6) is 0.800. The van der Waals surface area contributed by atoms with E-state index in [0.717, 1.165) is 48.2 Å². The number of nitrogens with two attached hydrogens (primary N) is 1. The Morgan fingerprint density at radius 1 is 1.20 bits per heavy atom. The topological polar surface area (TPSA) is 111 Å². The molecule has 1 heterocycles. The van der Waals surface area contributed by atoms with E-state index in [1.165, 1.54) is 12.3 Å². The Kier molecular flexibility index (Phi) is 9.25. The molecule has 1 atom stereocenters. The first kappa shape index (κ1) is 26.2. The molecule has 0 unspecified atom stereocenters. The minimum absolute atomic E-state index is 0.0246. The molecule has 4 N–H and O–H groups in total. The van der Waals surface area contributed by atoms with Crippen molar-refractivity contribution in [2.45, 2.75) is 45.6 Å². The van der Waals surface area contributed by atoms with Gasteiger partial charge in [-0.1, -0.05) is 31.9 Å². The van der Waals surface area contributed by atoms with Crippen LogP contribution in [-0.4, -0.2) is 35.9 Å². The number of nitrogens with zero attached hydrogens (tertiary/aromatic N) is 2. The van der Waals surface area contributed by atoms with Crippen LogP contribution in [0.4, 0.5) is 5.69 Å². The quantitative estimate of drug-likeness (QED) is 0.376. The molecule has 2 aromatic rings. The first-order valence-electron chi connectivity index (χ1n) is 12.1. The Labute approximate surface area is 207 Å². The molecule has 0 saturated heterocycles. The lowest BCUT2D eigenvalue weighted by Crippen LogP contribution is -2.47. The zero-order valence-corrected chi connectivity index (χ0v) is 21.1. The molecule has 188 valence electrons. The van der Waals surface area contributed by atoms with Gasteiger partial charge in [0.2, 0.25) is 5.56 Å². The van der Waals surface area contributed by atoms with E-state index < -0.39 is 0 Å². The lowest BCUT2D eigenvalue weighted by atomic mass is 9.79. The van der Waals surface area contributed by atoms with Crippen LogP contribution < -0.4 is 22.1 Å². The fourth-order valence-corrected chi connectivity index (χ4v) is 4.54. The second-order valence-corrected chi connectivity index (χ2v) is 9.29. The van der Waals surface area contributed by atoms with Crippen molar-refractivity contribution in [2.24, 2.45) is 29.6 Å². The van der Waals surface area contributed by atoms with Gasteiger partial charge in [0.15, 0.2) is 0 Å². The van der Waals surface area contributed by atoms with E-state index in [2.05, 4.69) is 22.7 Å². The number of aliphatic imine (C=N–C) groups is 1. The van der Waals surface area contributed by atoms with Crippen molar-refractivity contribution in [3.05, 3.63) is 64.7 Å². The van der Waals surface area contributed by atoms with Gasteiger partial charge in [-0.25, -0.2) is 0 Å². The van der Waals surface area contributed by atoms with Gasteiger partial charge in [0.05, 0.1) is 18.3 Å². The third-order valence-electron chi connectivity index (χ3n) is 6.94. The summed E-state index contributed by atoms with van der Waals surface area (Å²) in [7, 11) is 3.35. The van der Waals surface area contributed by atoms with E-state index in [0.29, 0.717) is 24.2 Å². The van der Waals surface area contributed by atoms with Crippen molar-refractivity contribution in [1.82, 2.24) is 9.88 Å². The van der Waals surface area contributed by atoms with Crippen LogP contribution in [0.15, 0.2) is 58.5 Å². The second-order valence-electron chi connectivity index (χ2n) is 9.29. The van der Waals surface area contributed by atoms with E-state index in [4.69, 9.17) is 10.6 Å². The van der Waals surface area contributed by atoms with E-state index in [9.17, 15) is 9.59 Å². The van der Waals surface area contributed by atoms with Crippen LogP contribution >= 0.6 is 0 Å². The largest absolute Gasteiger partial charge is 0.405 e. The Morgan fingerprint density at radius 2 is 1.89 bits per heavy atom. The average Bonchev–Trinajstić information content (AvgIpc) is 2.86. The molecule has 3 rings (SSSR count). The van der Waals surface area contributed by atoms with Crippen molar-refractivity contribution in [3.63, 3.8) is 0 Å². The molecule has 1 aromatic heterocycles. The fraction of sp³-hybridized carbons (Fsp3) is 0.444. The van der Waals surface area contributed by atoms with Gasteiger partial charge in [0.1, 0.15) is 5.71 Å². The van der Waals surface area contributed by atoms with Gasteiger partial charge in [-0.05, 0) is 67.6 Å². The molecule has 0 spiro atoms. The van der Waals surface area contributed by atoms with Crippen molar-refractivity contribution in [3.8, 4) is 11.1 Å². The number of amides is 1. The Balaban J connectivity index is 1.64. The van der Waals surface area contributed by atoms with Gasteiger partial charge in [0, 0.05) is 31.4 Å². The fourth-order valence-electron chi connectivity index (χ4n) is 4.54. The van der Waals surface area contributed by atoms with Crippen LogP contribution in [0.25, 0.3) is 11.1 Å². The molecular weight excluding hydrogens is 442 g/mol. The van der Waals surface area contributed by atoms with Crippen LogP contribution in [-0.2, 0) is 16.7 Å². The Morgan fingerprint density at radius 3 is 2.51 bits per heavy atom. The number of nitrogens with one attached hydrogen (secondary N) is 2. The standard InChI is InChI=1S/C27H37N5O3/c1-18-5-7-21(8-6-18)25(30-27(34)24(29-3)15-16-28)17-35-31-22-11-9-20(10-12-22)23-13-14-26(33)32(4)19(23)2/h9-16,18,21,25,31H,5-8,17,28H2,1-4H3,(H,30,34)/b16-15-,29-24?/t18?,21?,25-/m1/s1. The van der Waals surface area contributed by atoms with Gasteiger partial charge >= 0.3 is 0 Å².